The molecule has 27 heavy (non-hydrogen) atoms. The van der Waals surface area contributed by atoms with Gasteiger partial charge >= 0.3 is 0 Å². The molecule has 5 nitrogen and oxygen atoms in total. The minimum Gasteiger partial charge on any atom is -0.313 e. The van der Waals surface area contributed by atoms with Crippen LogP contribution in [0.15, 0.2) is 91.0 Å². The number of hydrogen-bond donors (Lipinski definition) is 1. The first kappa shape index (κ1) is 17.1. The zero-order valence-electron chi connectivity index (χ0n) is 15.2. The monoisotopic (exact) mass is 355 g/mol. The van der Waals surface area contributed by atoms with Gasteiger partial charge in [-0.2, -0.15) is 0 Å². The Bertz CT molecular complexity index is 884. The van der Waals surface area contributed by atoms with Crippen molar-refractivity contribution in [2.24, 2.45) is 0 Å². The zero-order chi connectivity index (χ0) is 18.5. The van der Waals surface area contributed by atoms with Crippen LogP contribution in [0.1, 0.15) is 22.5 Å². The van der Waals surface area contributed by atoms with Crippen molar-refractivity contribution in [3.8, 4) is 0 Å². The highest BCUT2D eigenvalue weighted by Gasteiger charge is 2.41. The van der Waals surface area contributed by atoms with Crippen LogP contribution in [0.3, 0.4) is 0 Å². The van der Waals surface area contributed by atoms with Gasteiger partial charge in [-0.3, -0.25) is 0 Å². The number of tetrazole rings is 1. The molecule has 4 rings (SSSR count). The molecule has 0 aliphatic heterocycles. The normalized spacial score (nSPS) is 11.4. The summed E-state index contributed by atoms with van der Waals surface area (Å²) in [5.41, 5.74) is 2.53. The summed E-state index contributed by atoms with van der Waals surface area (Å²) in [5, 5.41) is 16.6. The molecule has 0 saturated carbocycles. The molecule has 0 radical (unpaired) electrons. The molecule has 0 aliphatic rings. The zero-order valence-corrected chi connectivity index (χ0v) is 15.2. The number of nitrogens with zero attached hydrogens (tertiary/aromatic N) is 4. The smallest absolute Gasteiger partial charge is 0.188 e. The van der Waals surface area contributed by atoms with Gasteiger partial charge in [0.05, 0.1) is 6.54 Å². The van der Waals surface area contributed by atoms with Crippen LogP contribution in [0.2, 0.25) is 0 Å². The largest absolute Gasteiger partial charge is 0.313 e. The second-order valence-electron chi connectivity index (χ2n) is 6.33. The molecule has 134 valence electrons. The predicted octanol–water partition coefficient (Wildman–Crippen LogP) is 3.23. The first-order valence-electron chi connectivity index (χ1n) is 8.96. The van der Waals surface area contributed by atoms with Crippen LogP contribution in [-0.2, 0) is 12.1 Å². The topological polar surface area (TPSA) is 55.6 Å². The van der Waals surface area contributed by atoms with Gasteiger partial charge in [0.2, 0.25) is 0 Å². The van der Waals surface area contributed by atoms with Crippen LogP contribution >= 0.6 is 0 Å². The van der Waals surface area contributed by atoms with E-state index in [1.807, 2.05) is 61.6 Å². The van der Waals surface area contributed by atoms with Crippen molar-refractivity contribution in [1.82, 2.24) is 25.5 Å². The molecule has 0 bridgehead atoms. The summed E-state index contributed by atoms with van der Waals surface area (Å²) in [6.45, 7) is 0.564. The molecular formula is C22H21N5. The molecule has 0 spiro atoms. The van der Waals surface area contributed by atoms with E-state index in [1.54, 1.807) is 4.80 Å². The van der Waals surface area contributed by atoms with Crippen molar-refractivity contribution in [1.29, 1.82) is 0 Å². The average molecular weight is 355 g/mol. The third kappa shape index (κ3) is 3.02. The Morgan fingerprint density at radius 1 is 0.741 bits per heavy atom. The Morgan fingerprint density at radius 2 is 1.19 bits per heavy atom. The van der Waals surface area contributed by atoms with Gasteiger partial charge < -0.3 is 5.32 Å². The molecule has 0 fully saturated rings. The second-order valence-corrected chi connectivity index (χ2v) is 6.33. The molecule has 0 aliphatic carbocycles. The first-order chi connectivity index (χ1) is 13.4. The van der Waals surface area contributed by atoms with Gasteiger partial charge in [0.1, 0.15) is 0 Å². The summed E-state index contributed by atoms with van der Waals surface area (Å²) in [6, 6.07) is 31.0. The Labute approximate surface area is 158 Å². The number of aromatic nitrogens is 4. The maximum atomic E-state index is 4.73. The average Bonchev–Trinajstić information content (AvgIpc) is 3.20. The Kier molecular flexibility index (Phi) is 4.77. The fraction of sp³-hybridized carbons (Fsp3) is 0.136. The van der Waals surface area contributed by atoms with Crippen molar-refractivity contribution in [3.63, 3.8) is 0 Å². The SMILES string of the molecule is CNCc1nnn(C(c2ccccc2)(c2ccccc2)c2ccccc2)n1. The molecule has 1 heterocycles. The van der Waals surface area contributed by atoms with E-state index in [-0.39, 0.29) is 0 Å². The summed E-state index contributed by atoms with van der Waals surface area (Å²) >= 11 is 0. The molecule has 1 N–H and O–H groups in total. The lowest BCUT2D eigenvalue weighted by atomic mass is 9.77. The Morgan fingerprint density at radius 3 is 1.59 bits per heavy atom. The molecule has 1 aromatic heterocycles. The number of hydrogen-bond acceptors (Lipinski definition) is 4. The molecular weight excluding hydrogens is 334 g/mol. The standard InChI is InChI=1S/C22H21N5/c1-23-17-21-24-26-27(25-21)22(18-11-5-2-6-12-18,19-13-7-3-8-14-19)20-15-9-4-10-16-20/h2-16,23H,17H2,1H3. The van der Waals surface area contributed by atoms with Crippen molar-refractivity contribution in [2.45, 2.75) is 12.1 Å². The van der Waals surface area contributed by atoms with Gasteiger partial charge in [0, 0.05) is 0 Å². The van der Waals surface area contributed by atoms with Crippen molar-refractivity contribution in [2.75, 3.05) is 7.05 Å². The van der Waals surface area contributed by atoms with Crippen molar-refractivity contribution < 1.29 is 0 Å². The summed E-state index contributed by atoms with van der Waals surface area (Å²) in [5.74, 6) is 0.657. The maximum absolute atomic E-state index is 4.73. The van der Waals surface area contributed by atoms with Gasteiger partial charge in [0.15, 0.2) is 11.4 Å². The molecule has 4 aromatic rings. The lowest BCUT2D eigenvalue weighted by molar-refractivity contribution is 0.394. The molecule has 0 amide bonds. The lowest BCUT2D eigenvalue weighted by Crippen LogP contribution is -2.39. The van der Waals surface area contributed by atoms with E-state index in [2.05, 4.69) is 52.0 Å². The lowest BCUT2D eigenvalue weighted by Gasteiger charge is -2.34. The Balaban J connectivity index is 2.06. The minimum absolute atomic E-state index is 0.564. The van der Waals surface area contributed by atoms with Gasteiger partial charge in [-0.15, -0.1) is 15.0 Å². The molecule has 0 atom stereocenters. The molecule has 3 aromatic carbocycles. The molecule has 5 heteroatoms. The summed E-state index contributed by atoms with van der Waals surface area (Å²) in [4.78, 5) is 1.74. The van der Waals surface area contributed by atoms with Gasteiger partial charge in [0.25, 0.3) is 0 Å². The quantitative estimate of drug-likeness (QED) is 0.540. The van der Waals surface area contributed by atoms with Crippen LogP contribution in [0.25, 0.3) is 0 Å². The van der Waals surface area contributed by atoms with E-state index in [1.165, 1.54) is 0 Å². The van der Waals surface area contributed by atoms with E-state index >= 15 is 0 Å². The second kappa shape index (κ2) is 7.51. The number of benzene rings is 3. The van der Waals surface area contributed by atoms with E-state index in [0.717, 1.165) is 16.7 Å². The first-order valence-corrected chi connectivity index (χ1v) is 8.96. The van der Waals surface area contributed by atoms with Gasteiger partial charge in [-0.1, -0.05) is 91.0 Å². The highest BCUT2D eigenvalue weighted by molar-refractivity contribution is 5.49. The predicted molar refractivity (Wildman–Crippen MR) is 105 cm³/mol. The van der Waals surface area contributed by atoms with Gasteiger partial charge in [-0.05, 0) is 29.0 Å². The summed E-state index contributed by atoms with van der Waals surface area (Å²) in [6.07, 6.45) is 0. The maximum Gasteiger partial charge on any atom is 0.188 e. The van der Waals surface area contributed by atoms with Crippen molar-refractivity contribution in [3.05, 3.63) is 114 Å². The third-order valence-corrected chi connectivity index (χ3v) is 4.66. The molecule has 0 saturated heterocycles. The van der Waals surface area contributed by atoms with Crippen LogP contribution in [0.5, 0.6) is 0 Å². The van der Waals surface area contributed by atoms with Crippen LogP contribution < -0.4 is 5.32 Å². The van der Waals surface area contributed by atoms with E-state index in [4.69, 9.17) is 5.10 Å². The highest BCUT2D eigenvalue weighted by atomic mass is 15.6. The fourth-order valence-corrected chi connectivity index (χ4v) is 3.50. The summed E-state index contributed by atoms with van der Waals surface area (Å²) in [7, 11) is 1.87. The highest BCUT2D eigenvalue weighted by Crippen LogP contribution is 2.39. The molecule has 0 unspecified atom stereocenters. The number of rotatable bonds is 6. The fourth-order valence-electron chi connectivity index (χ4n) is 3.50. The van der Waals surface area contributed by atoms with Gasteiger partial charge in [-0.25, -0.2) is 0 Å². The third-order valence-electron chi connectivity index (χ3n) is 4.66. The van der Waals surface area contributed by atoms with Crippen LogP contribution in [0.4, 0.5) is 0 Å². The van der Waals surface area contributed by atoms with E-state index in [0.29, 0.717) is 12.4 Å². The summed E-state index contributed by atoms with van der Waals surface area (Å²) < 4.78 is 0. The van der Waals surface area contributed by atoms with E-state index < -0.39 is 5.54 Å². The van der Waals surface area contributed by atoms with Crippen LogP contribution in [0, 0.1) is 0 Å². The minimum atomic E-state index is -0.706. The number of nitrogens with one attached hydrogen (secondary N) is 1. The Hall–Kier alpha value is -3.31. The van der Waals surface area contributed by atoms with E-state index in [9.17, 15) is 0 Å². The van der Waals surface area contributed by atoms with Crippen molar-refractivity contribution >= 4 is 0 Å². The van der Waals surface area contributed by atoms with Crippen LogP contribution in [-0.4, -0.2) is 27.3 Å².